The zero-order valence-corrected chi connectivity index (χ0v) is 13.6. The molecule has 0 N–H and O–H groups in total. The average Bonchev–Trinajstić information content (AvgIpc) is 3.14. The van der Waals surface area contributed by atoms with Crippen LogP contribution in [0.4, 0.5) is 4.79 Å². The predicted octanol–water partition coefficient (Wildman–Crippen LogP) is 2.10. The van der Waals surface area contributed by atoms with Crippen molar-refractivity contribution < 1.29 is 19.1 Å². The van der Waals surface area contributed by atoms with Crippen LogP contribution in [-0.2, 0) is 14.3 Å². The van der Waals surface area contributed by atoms with Gasteiger partial charge in [-0.15, -0.1) is 0 Å². The molecule has 23 heavy (non-hydrogen) atoms. The summed E-state index contributed by atoms with van der Waals surface area (Å²) in [6.07, 6.45) is -0.385. The van der Waals surface area contributed by atoms with Gasteiger partial charge in [0.15, 0.2) is 0 Å². The number of rotatable bonds is 4. The van der Waals surface area contributed by atoms with E-state index in [1.807, 2.05) is 42.2 Å². The molecule has 0 aromatic heterocycles. The molecule has 1 aromatic carbocycles. The lowest BCUT2D eigenvalue weighted by molar-refractivity contribution is -0.128. The van der Waals surface area contributed by atoms with Crippen molar-refractivity contribution in [2.45, 2.75) is 25.4 Å². The molecule has 2 atom stereocenters. The summed E-state index contributed by atoms with van der Waals surface area (Å²) >= 11 is 5.29. The summed E-state index contributed by atoms with van der Waals surface area (Å²) in [5.41, 5.74) is 1.09. The van der Waals surface area contributed by atoms with Gasteiger partial charge in [-0.3, -0.25) is 4.79 Å². The number of amides is 2. The molecule has 6 nitrogen and oxygen atoms in total. The van der Waals surface area contributed by atoms with Gasteiger partial charge in [0.1, 0.15) is 13.2 Å². The Balaban J connectivity index is 1.71. The minimum absolute atomic E-state index is 0.0166. The van der Waals surface area contributed by atoms with E-state index in [-0.39, 0.29) is 31.0 Å². The number of hydrogen-bond acceptors (Lipinski definition) is 5. The van der Waals surface area contributed by atoms with Gasteiger partial charge in [-0.05, 0) is 24.7 Å². The summed E-state index contributed by atoms with van der Waals surface area (Å²) in [7, 11) is 0. The smallest absolute Gasteiger partial charge is 0.416 e. The Bertz CT molecular complexity index is 622. The van der Waals surface area contributed by atoms with Crippen LogP contribution in [-0.4, -0.2) is 52.8 Å². The summed E-state index contributed by atoms with van der Waals surface area (Å²) in [6, 6.07) is 9.72. The second-order valence-corrected chi connectivity index (χ2v) is 5.97. The SMILES string of the molecule is C[C@@H](CC(=O)N1CCOC1=O)N1C(=S)OC[C@@H]1c1ccccc1. The van der Waals surface area contributed by atoms with Crippen molar-refractivity contribution in [2.75, 3.05) is 19.8 Å². The monoisotopic (exact) mass is 334 g/mol. The molecule has 0 unspecified atom stereocenters. The number of cyclic esters (lactones) is 1. The first-order chi connectivity index (χ1) is 11.1. The Morgan fingerprint density at radius 3 is 2.74 bits per heavy atom. The van der Waals surface area contributed by atoms with E-state index in [0.29, 0.717) is 18.3 Å². The molecule has 1 aromatic rings. The fraction of sp³-hybridized carbons (Fsp3) is 0.438. The van der Waals surface area contributed by atoms with Gasteiger partial charge < -0.3 is 14.4 Å². The molecule has 7 heteroatoms. The minimum Gasteiger partial charge on any atom is -0.468 e. The summed E-state index contributed by atoms with van der Waals surface area (Å²) in [5, 5.41) is 0.392. The zero-order valence-electron chi connectivity index (χ0n) is 12.8. The van der Waals surface area contributed by atoms with E-state index in [1.165, 1.54) is 0 Å². The zero-order chi connectivity index (χ0) is 16.4. The number of hydrogen-bond donors (Lipinski definition) is 0. The van der Waals surface area contributed by atoms with Crippen LogP contribution in [0.15, 0.2) is 30.3 Å². The second kappa shape index (κ2) is 6.54. The van der Waals surface area contributed by atoms with Crippen molar-refractivity contribution in [1.29, 1.82) is 0 Å². The molecule has 0 spiro atoms. The summed E-state index contributed by atoms with van der Waals surface area (Å²) in [4.78, 5) is 26.9. The Morgan fingerprint density at radius 2 is 2.09 bits per heavy atom. The highest BCUT2D eigenvalue weighted by Gasteiger charge is 2.37. The molecule has 2 saturated heterocycles. The van der Waals surface area contributed by atoms with Gasteiger partial charge in [0.2, 0.25) is 5.91 Å². The number of carbonyl (C=O) groups excluding carboxylic acids is 2. The Labute approximate surface area is 139 Å². The molecule has 2 aliphatic rings. The molecule has 2 fully saturated rings. The van der Waals surface area contributed by atoms with E-state index in [9.17, 15) is 9.59 Å². The Morgan fingerprint density at radius 1 is 1.35 bits per heavy atom. The summed E-state index contributed by atoms with van der Waals surface area (Å²) < 4.78 is 10.3. The number of thiocarbonyl (C=S) groups is 1. The Hall–Kier alpha value is -2.15. The molecule has 0 aliphatic carbocycles. The van der Waals surface area contributed by atoms with Gasteiger partial charge in [0.25, 0.3) is 5.17 Å². The first-order valence-corrected chi connectivity index (χ1v) is 7.96. The van der Waals surface area contributed by atoms with E-state index in [2.05, 4.69) is 0 Å². The van der Waals surface area contributed by atoms with Crippen LogP contribution in [0.3, 0.4) is 0 Å². The predicted molar refractivity (Wildman–Crippen MR) is 86.7 cm³/mol. The van der Waals surface area contributed by atoms with E-state index in [0.717, 1.165) is 10.5 Å². The van der Waals surface area contributed by atoms with Gasteiger partial charge in [-0.25, -0.2) is 9.69 Å². The molecule has 122 valence electrons. The fourth-order valence-corrected chi connectivity index (χ4v) is 3.31. The molecule has 3 rings (SSSR count). The van der Waals surface area contributed by atoms with Crippen molar-refractivity contribution in [2.24, 2.45) is 0 Å². The second-order valence-electron chi connectivity index (χ2n) is 5.62. The topological polar surface area (TPSA) is 59.1 Å². The van der Waals surface area contributed by atoms with Crippen LogP contribution < -0.4 is 0 Å². The van der Waals surface area contributed by atoms with Crippen molar-refractivity contribution >= 4 is 29.4 Å². The van der Waals surface area contributed by atoms with Gasteiger partial charge in [0, 0.05) is 12.5 Å². The van der Waals surface area contributed by atoms with Gasteiger partial charge in [0.05, 0.1) is 12.6 Å². The third kappa shape index (κ3) is 3.14. The van der Waals surface area contributed by atoms with E-state index in [1.54, 1.807) is 0 Å². The van der Waals surface area contributed by atoms with Crippen LogP contribution in [0.25, 0.3) is 0 Å². The van der Waals surface area contributed by atoms with Crippen molar-refractivity contribution in [3.8, 4) is 0 Å². The van der Waals surface area contributed by atoms with Crippen LogP contribution >= 0.6 is 12.2 Å². The first kappa shape index (κ1) is 15.7. The van der Waals surface area contributed by atoms with E-state index in [4.69, 9.17) is 21.7 Å². The lowest BCUT2D eigenvalue weighted by Gasteiger charge is -2.30. The first-order valence-electron chi connectivity index (χ1n) is 7.55. The highest BCUT2D eigenvalue weighted by atomic mass is 32.1. The maximum atomic E-state index is 12.3. The van der Waals surface area contributed by atoms with Crippen molar-refractivity contribution in [3.05, 3.63) is 35.9 Å². The van der Waals surface area contributed by atoms with E-state index < -0.39 is 6.09 Å². The summed E-state index contributed by atoms with van der Waals surface area (Å²) in [6.45, 7) is 2.95. The molecule has 0 saturated carbocycles. The number of nitrogens with zero attached hydrogens (tertiary/aromatic N) is 2. The fourth-order valence-electron chi connectivity index (χ4n) is 2.93. The van der Waals surface area contributed by atoms with Gasteiger partial charge in [-0.1, -0.05) is 30.3 Å². The Kier molecular flexibility index (Phi) is 4.47. The standard InChI is InChI=1S/C16H18N2O4S/c1-11(9-14(19)17-7-8-21-15(17)20)18-13(10-22-16(18)23)12-5-3-2-4-6-12/h2-6,11,13H,7-10H2,1H3/t11-,13+/m0/s1. The third-order valence-corrected chi connectivity index (χ3v) is 4.43. The number of carbonyl (C=O) groups is 2. The molecular weight excluding hydrogens is 316 g/mol. The van der Waals surface area contributed by atoms with Crippen molar-refractivity contribution in [3.63, 3.8) is 0 Å². The number of ether oxygens (including phenoxy) is 2. The maximum Gasteiger partial charge on any atom is 0.416 e. The highest BCUT2D eigenvalue weighted by molar-refractivity contribution is 7.80. The average molecular weight is 334 g/mol. The maximum absolute atomic E-state index is 12.3. The largest absolute Gasteiger partial charge is 0.468 e. The van der Waals surface area contributed by atoms with Crippen molar-refractivity contribution in [1.82, 2.24) is 9.80 Å². The van der Waals surface area contributed by atoms with Crippen LogP contribution in [0, 0.1) is 0 Å². The molecule has 0 bridgehead atoms. The minimum atomic E-state index is -0.568. The molecule has 2 amide bonds. The normalized spacial score (nSPS) is 22.0. The molecular formula is C16H18N2O4S. The van der Waals surface area contributed by atoms with Crippen LogP contribution in [0.2, 0.25) is 0 Å². The third-order valence-electron chi connectivity index (χ3n) is 4.10. The van der Waals surface area contributed by atoms with E-state index >= 15 is 0 Å². The van der Waals surface area contributed by atoms with Crippen LogP contribution in [0.5, 0.6) is 0 Å². The highest BCUT2D eigenvalue weighted by Crippen LogP contribution is 2.31. The lowest BCUT2D eigenvalue weighted by Crippen LogP contribution is -2.41. The molecule has 2 heterocycles. The lowest BCUT2D eigenvalue weighted by atomic mass is 10.0. The quantitative estimate of drug-likeness (QED) is 0.786. The van der Waals surface area contributed by atoms with Crippen LogP contribution in [0.1, 0.15) is 24.9 Å². The number of imide groups is 1. The van der Waals surface area contributed by atoms with Gasteiger partial charge in [-0.2, -0.15) is 0 Å². The number of benzene rings is 1. The van der Waals surface area contributed by atoms with Gasteiger partial charge >= 0.3 is 6.09 Å². The molecule has 0 radical (unpaired) electrons. The summed E-state index contributed by atoms with van der Waals surface area (Å²) in [5.74, 6) is -0.249. The molecule has 2 aliphatic heterocycles.